The number of para-hydroxylation sites is 1. The summed E-state index contributed by atoms with van der Waals surface area (Å²) < 4.78 is 5.44. The Labute approximate surface area is 245 Å². The smallest absolute Gasteiger partial charge is 0.412 e. The van der Waals surface area contributed by atoms with E-state index in [1.807, 2.05) is 62.5 Å². The normalized spacial score (nSPS) is 14.1. The van der Waals surface area contributed by atoms with E-state index in [-0.39, 0.29) is 12.2 Å². The van der Waals surface area contributed by atoms with Crippen molar-refractivity contribution in [1.82, 2.24) is 9.97 Å². The van der Waals surface area contributed by atoms with E-state index in [2.05, 4.69) is 44.5 Å². The van der Waals surface area contributed by atoms with Crippen LogP contribution in [0.1, 0.15) is 55.4 Å². The van der Waals surface area contributed by atoms with Crippen LogP contribution in [0.15, 0.2) is 78.4 Å². The van der Waals surface area contributed by atoms with E-state index in [1.54, 1.807) is 23.7 Å². The fraction of sp³-hybridized carbons (Fsp3) is 0.333. The van der Waals surface area contributed by atoms with Gasteiger partial charge in [-0.1, -0.05) is 30.3 Å². The molecule has 0 unspecified atom stereocenters. The van der Waals surface area contributed by atoms with Crippen LogP contribution < -0.4 is 10.2 Å². The van der Waals surface area contributed by atoms with Crippen molar-refractivity contribution in [1.29, 1.82) is 0 Å². The number of amides is 1. The SMILES string of the molecule is CC(C)(C)OC(=O)Nc1ccc(-c2cccs2)cc1CC(=O)c1cnc(CC2CCN(c3ccccc3)CC2)nc1. The van der Waals surface area contributed by atoms with Gasteiger partial charge in [-0.15, -0.1) is 11.3 Å². The van der Waals surface area contributed by atoms with Crippen molar-refractivity contribution in [2.24, 2.45) is 5.92 Å². The van der Waals surface area contributed by atoms with Crippen LogP contribution in [0.25, 0.3) is 10.4 Å². The summed E-state index contributed by atoms with van der Waals surface area (Å²) in [6.45, 7) is 7.49. The average Bonchev–Trinajstić information content (AvgIpc) is 3.49. The monoisotopic (exact) mass is 568 g/mol. The van der Waals surface area contributed by atoms with Gasteiger partial charge in [-0.2, -0.15) is 0 Å². The molecule has 1 aliphatic heterocycles. The van der Waals surface area contributed by atoms with Crippen LogP contribution in [-0.4, -0.2) is 40.5 Å². The zero-order valence-corrected chi connectivity index (χ0v) is 24.6. The molecule has 5 rings (SSSR count). The van der Waals surface area contributed by atoms with Gasteiger partial charge in [-0.3, -0.25) is 10.1 Å². The lowest BCUT2D eigenvalue weighted by Gasteiger charge is -2.33. The minimum Gasteiger partial charge on any atom is -0.444 e. The molecule has 1 N–H and O–H groups in total. The molecule has 3 heterocycles. The third kappa shape index (κ3) is 7.79. The molecule has 1 aliphatic rings. The second-order valence-electron chi connectivity index (χ2n) is 11.4. The fourth-order valence-corrected chi connectivity index (χ4v) is 5.77. The number of nitrogens with zero attached hydrogens (tertiary/aromatic N) is 3. The van der Waals surface area contributed by atoms with Gasteiger partial charge in [0.1, 0.15) is 11.4 Å². The number of nitrogens with one attached hydrogen (secondary N) is 1. The molecule has 0 saturated carbocycles. The molecular formula is C33H36N4O3S. The van der Waals surface area contributed by atoms with Gasteiger partial charge in [-0.05, 0) is 86.4 Å². The number of benzene rings is 2. The summed E-state index contributed by atoms with van der Waals surface area (Å²) in [7, 11) is 0. The molecule has 0 bridgehead atoms. The van der Waals surface area contributed by atoms with Crippen LogP contribution in [0, 0.1) is 5.92 Å². The lowest BCUT2D eigenvalue weighted by molar-refractivity contribution is 0.0635. The molecule has 0 aliphatic carbocycles. The van der Waals surface area contributed by atoms with Crippen LogP contribution in [-0.2, 0) is 17.6 Å². The van der Waals surface area contributed by atoms with Gasteiger partial charge >= 0.3 is 6.09 Å². The summed E-state index contributed by atoms with van der Waals surface area (Å²) in [6, 6.07) is 20.3. The standard InChI is InChI=1S/C33H36N4O3S/c1-33(2,3)40-32(39)36-28-12-11-24(30-10-7-17-41-30)19-25(28)20-29(38)26-21-34-31(35-22-26)18-23-13-15-37(16-14-23)27-8-5-4-6-9-27/h4-12,17,19,21-23H,13-16,18,20H2,1-3H3,(H,36,39). The number of hydrogen-bond donors (Lipinski definition) is 1. The Balaban J connectivity index is 1.23. The Morgan fingerprint density at radius 1 is 1.00 bits per heavy atom. The Hall–Kier alpha value is -4.04. The number of Topliss-reactive ketones (excluding diaryl/α,β-unsaturated/α-hetero) is 1. The fourth-order valence-electron chi connectivity index (χ4n) is 5.04. The quantitative estimate of drug-likeness (QED) is 0.223. The number of carbonyl (C=O) groups excluding carboxylic acids is 2. The first-order valence-electron chi connectivity index (χ1n) is 14.0. The van der Waals surface area contributed by atoms with Gasteiger partial charge in [0.15, 0.2) is 5.78 Å². The van der Waals surface area contributed by atoms with E-state index < -0.39 is 11.7 Å². The average molecular weight is 569 g/mol. The molecule has 0 spiro atoms. The number of ether oxygens (including phenoxy) is 1. The molecule has 8 heteroatoms. The Morgan fingerprint density at radius 2 is 1.73 bits per heavy atom. The highest BCUT2D eigenvalue weighted by atomic mass is 32.1. The molecule has 2 aromatic carbocycles. The Bertz CT molecular complexity index is 1460. The minimum atomic E-state index is -0.630. The number of aromatic nitrogens is 2. The summed E-state index contributed by atoms with van der Waals surface area (Å²) in [6.07, 6.45) is 5.80. The van der Waals surface area contributed by atoms with Gasteiger partial charge in [0.2, 0.25) is 0 Å². The van der Waals surface area contributed by atoms with Crippen LogP contribution in [0.2, 0.25) is 0 Å². The van der Waals surface area contributed by atoms with E-state index in [0.717, 1.165) is 48.6 Å². The molecule has 41 heavy (non-hydrogen) atoms. The van der Waals surface area contributed by atoms with E-state index >= 15 is 0 Å². The summed E-state index contributed by atoms with van der Waals surface area (Å²) in [5, 5.41) is 4.83. The molecule has 7 nitrogen and oxygen atoms in total. The van der Waals surface area contributed by atoms with E-state index in [1.165, 1.54) is 5.69 Å². The molecule has 1 amide bonds. The number of hydrogen-bond acceptors (Lipinski definition) is 7. The van der Waals surface area contributed by atoms with Crippen LogP contribution in [0.3, 0.4) is 0 Å². The van der Waals surface area contributed by atoms with E-state index in [4.69, 9.17) is 4.74 Å². The zero-order valence-electron chi connectivity index (χ0n) is 23.8. The summed E-state index contributed by atoms with van der Waals surface area (Å²) in [4.78, 5) is 38.4. The van der Waals surface area contributed by atoms with Crippen molar-refractivity contribution < 1.29 is 14.3 Å². The maximum Gasteiger partial charge on any atom is 0.412 e. The van der Waals surface area contributed by atoms with Gasteiger partial charge in [-0.25, -0.2) is 14.8 Å². The Kier molecular flexibility index (Phi) is 8.78. The zero-order chi connectivity index (χ0) is 28.8. The maximum atomic E-state index is 13.3. The molecule has 1 saturated heterocycles. The number of thiophene rings is 1. The summed E-state index contributed by atoms with van der Waals surface area (Å²) in [5.41, 5.74) is 3.35. The number of carbonyl (C=O) groups is 2. The van der Waals surface area contributed by atoms with Crippen molar-refractivity contribution >= 4 is 34.6 Å². The highest BCUT2D eigenvalue weighted by molar-refractivity contribution is 7.13. The number of rotatable bonds is 8. The van der Waals surface area contributed by atoms with Crippen molar-refractivity contribution in [3.63, 3.8) is 0 Å². The Morgan fingerprint density at radius 3 is 2.39 bits per heavy atom. The number of piperidine rings is 1. The lowest BCUT2D eigenvalue weighted by Crippen LogP contribution is -2.34. The first-order valence-corrected chi connectivity index (χ1v) is 14.9. The molecule has 0 atom stereocenters. The van der Waals surface area contributed by atoms with Crippen molar-refractivity contribution in [2.75, 3.05) is 23.3 Å². The largest absolute Gasteiger partial charge is 0.444 e. The van der Waals surface area contributed by atoms with Gasteiger partial charge < -0.3 is 9.64 Å². The molecule has 0 radical (unpaired) electrons. The van der Waals surface area contributed by atoms with E-state index in [9.17, 15) is 9.59 Å². The molecular weight excluding hydrogens is 532 g/mol. The summed E-state index contributed by atoms with van der Waals surface area (Å²) >= 11 is 1.62. The summed E-state index contributed by atoms with van der Waals surface area (Å²) in [5.74, 6) is 1.19. The molecule has 4 aromatic rings. The second kappa shape index (κ2) is 12.6. The third-order valence-corrected chi connectivity index (χ3v) is 8.05. The minimum absolute atomic E-state index is 0.102. The highest BCUT2D eigenvalue weighted by Gasteiger charge is 2.22. The van der Waals surface area contributed by atoms with Crippen molar-refractivity contribution in [2.45, 2.75) is 52.1 Å². The predicted octanol–water partition coefficient (Wildman–Crippen LogP) is 7.44. The molecule has 2 aromatic heterocycles. The van der Waals surface area contributed by atoms with Crippen LogP contribution in [0.4, 0.5) is 16.2 Å². The predicted molar refractivity (Wildman–Crippen MR) is 165 cm³/mol. The van der Waals surface area contributed by atoms with Gasteiger partial charge in [0, 0.05) is 54.6 Å². The maximum absolute atomic E-state index is 13.3. The van der Waals surface area contributed by atoms with Gasteiger partial charge in [0.05, 0.1) is 5.56 Å². The highest BCUT2D eigenvalue weighted by Crippen LogP contribution is 2.30. The van der Waals surface area contributed by atoms with Crippen molar-refractivity contribution in [3.05, 3.63) is 95.4 Å². The first-order chi connectivity index (χ1) is 19.7. The second-order valence-corrected chi connectivity index (χ2v) is 12.4. The topological polar surface area (TPSA) is 84.4 Å². The lowest BCUT2D eigenvalue weighted by atomic mass is 9.93. The van der Waals surface area contributed by atoms with Gasteiger partial charge in [0.25, 0.3) is 0 Å². The van der Waals surface area contributed by atoms with E-state index in [0.29, 0.717) is 22.7 Å². The first kappa shape index (κ1) is 28.5. The van der Waals surface area contributed by atoms with Crippen LogP contribution in [0.5, 0.6) is 0 Å². The third-order valence-electron chi connectivity index (χ3n) is 7.13. The number of anilines is 2. The molecule has 1 fully saturated rings. The molecule has 212 valence electrons. The van der Waals surface area contributed by atoms with Crippen molar-refractivity contribution in [3.8, 4) is 10.4 Å². The number of ketones is 1. The van der Waals surface area contributed by atoms with Crippen LogP contribution >= 0.6 is 11.3 Å².